The second kappa shape index (κ2) is 9.19. The Morgan fingerprint density at radius 3 is 2.37 bits per heavy atom. The Balaban J connectivity index is 1.81. The first-order chi connectivity index (χ1) is 14.4. The summed E-state index contributed by atoms with van der Waals surface area (Å²) in [5.74, 6) is 0. The third kappa shape index (κ3) is 5.21. The van der Waals surface area contributed by atoms with E-state index >= 15 is 0 Å². The first kappa shape index (κ1) is 21.0. The predicted molar refractivity (Wildman–Crippen MR) is 117 cm³/mol. The number of nitro groups is 1. The molecule has 9 heteroatoms. The third-order valence-electron chi connectivity index (χ3n) is 4.29. The van der Waals surface area contributed by atoms with E-state index in [2.05, 4.69) is 22.2 Å². The molecule has 0 aliphatic carbocycles. The van der Waals surface area contributed by atoms with Crippen molar-refractivity contribution in [2.24, 2.45) is 5.10 Å². The minimum absolute atomic E-state index is 0.0834. The summed E-state index contributed by atoms with van der Waals surface area (Å²) >= 11 is 0. The quantitative estimate of drug-likeness (QED) is 0.316. The van der Waals surface area contributed by atoms with Crippen molar-refractivity contribution in [1.29, 1.82) is 0 Å². The molecule has 0 amide bonds. The van der Waals surface area contributed by atoms with Crippen LogP contribution in [-0.4, -0.2) is 19.6 Å². The smallest absolute Gasteiger partial charge is 0.280 e. The molecule has 8 nitrogen and oxygen atoms in total. The maximum atomic E-state index is 12.6. The van der Waals surface area contributed by atoms with E-state index in [0.29, 0.717) is 5.69 Å². The summed E-state index contributed by atoms with van der Waals surface area (Å²) in [6.45, 7) is 2.06. The van der Waals surface area contributed by atoms with Gasteiger partial charge in [0, 0.05) is 11.8 Å². The van der Waals surface area contributed by atoms with E-state index in [4.69, 9.17) is 0 Å². The zero-order chi connectivity index (χ0) is 21.6. The molecule has 3 rings (SSSR count). The topological polar surface area (TPSA) is 114 Å². The molecule has 0 saturated carbocycles. The van der Waals surface area contributed by atoms with Crippen molar-refractivity contribution < 1.29 is 13.3 Å². The predicted octanol–water partition coefficient (Wildman–Crippen LogP) is 4.40. The summed E-state index contributed by atoms with van der Waals surface area (Å²) in [4.78, 5) is 10.6. The van der Waals surface area contributed by atoms with Crippen LogP contribution in [0.5, 0.6) is 0 Å². The number of nitro benzene ring substituents is 1. The Morgan fingerprint density at radius 2 is 1.73 bits per heavy atom. The SMILES string of the molecule is CCc1ccc(C=NNc2ccc(S(=O)(=O)Nc3ccccc3)cc2[N+](=O)[O-])cc1. The fourth-order valence-corrected chi connectivity index (χ4v) is 3.74. The van der Waals surface area contributed by atoms with Crippen LogP contribution in [0.15, 0.2) is 82.8 Å². The number of benzene rings is 3. The molecular formula is C21H20N4O4S. The monoisotopic (exact) mass is 424 g/mol. The Kier molecular flexibility index (Phi) is 6.43. The van der Waals surface area contributed by atoms with Gasteiger partial charge in [0.1, 0.15) is 5.69 Å². The van der Waals surface area contributed by atoms with E-state index in [1.807, 2.05) is 24.3 Å². The number of anilines is 2. The highest BCUT2D eigenvalue weighted by Crippen LogP contribution is 2.28. The van der Waals surface area contributed by atoms with Crippen LogP contribution >= 0.6 is 0 Å². The van der Waals surface area contributed by atoms with Gasteiger partial charge in [-0.3, -0.25) is 20.3 Å². The number of sulfonamides is 1. The highest BCUT2D eigenvalue weighted by Gasteiger charge is 2.21. The molecular weight excluding hydrogens is 404 g/mol. The van der Waals surface area contributed by atoms with Gasteiger partial charge in [-0.25, -0.2) is 8.42 Å². The van der Waals surface area contributed by atoms with E-state index in [1.165, 1.54) is 23.9 Å². The van der Waals surface area contributed by atoms with E-state index in [0.717, 1.165) is 18.1 Å². The minimum Gasteiger partial charge on any atom is -0.280 e. The van der Waals surface area contributed by atoms with Gasteiger partial charge in [-0.05, 0) is 41.8 Å². The van der Waals surface area contributed by atoms with E-state index in [-0.39, 0.29) is 10.6 Å². The highest BCUT2D eigenvalue weighted by molar-refractivity contribution is 7.92. The van der Waals surface area contributed by atoms with Crippen molar-refractivity contribution in [1.82, 2.24) is 0 Å². The third-order valence-corrected chi connectivity index (χ3v) is 5.67. The lowest BCUT2D eigenvalue weighted by atomic mass is 10.1. The molecule has 3 aromatic carbocycles. The lowest BCUT2D eigenvalue weighted by Gasteiger charge is -2.09. The van der Waals surface area contributed by atoms with E-state index in [1.54, 1.807) is 30.3 Å². The normalized spacial score (nSPS) is 11.4. The molecule has 0 unspecified atom stereocenters. The van der Waals surface area contributed by atoms with Crippen molar-refractivity contribution in [3.8, 4) is 0 Å². The molecule has 0 bridgehead atoms. The molecule has 2 N–H and O–H groups in total. The van der Waals surface area contributed by atoms with Crippen LogP contribution in [0.1, 0.15) is 18.1 Å². The maximum absolute atomic E-state index is 12.6. The average molecular weight is 424 g/mol. The van der Waals surface area contributed by atoms with Crippen LogP contribution in [0.25, 0.3) is 0 Å². The molecule has 30 heavy (non-hydrogen) atoms. The van der Waals surface area contributed by atoms with Gasteiger partial charge < -0.3 is 0 Å². The average Bonchev–Trinajstić information content (AvgIpc) is 2.74. The molecule has 0 atom stereocenters. The number of hydrazone groups is 1. The van der Waals surface area contributed by atoms with Crippen molar-refractivity contribution in [3.05, 3.63) is 94.0 Å². The van der Waals surface area contributed by atoms with E-state index < -0.39 is 20.6 Å². The summed E-state index contributed by atoms with van der Waals surface area (Å²) in [5.41, 5.74) is 4.68. The Bertz CT molecular complexity index is 1160. The first-order valence-electron chi connectivity index (χ1n) is 9.13. The van der Waals surface area contributed by atoms with E-state index in [9.17, 15) is 18.5 Å². The molecule has 3 aromatic rings. The fourth-order valence-electron chi connectivity index (χ4n) is 2.66. The second-order valence-electron chi connectivity index (χ2n) is 6.37. The standard InChI is InChI=1S/C21H20N4O4S/c1-2-16-8-10-17(11-9-16)15-22-23-20-13-12-19(14-21(20)25(26)27)30(28,29)24-18-6-4-3-5-7-18/h3-15,23-24H,2H2,1H3. The summed E-state index contributed by atoms with van der Waals surface area (Å²) in [6.07, 6.45) is 2.46. The van der Waals surface area contributed by atoms with Crippen molar-refractivity contribution in [2.45, 2.75) is 18.2 Å². The summed E-state index contributed by atoms with van der Waals surface area (Å²) in [7, 11) is -3.98. The largest absolute Gasteiger partial charge is 0.295 e. The van der Waals surface area contributed by atoms with Gasteiger partial charge in [-0.2, -0.15) is 5.10 Å². The summed E-state index contributed by atoms with van der Waals surface area (Å²) < 4.78 is 27.5. The zero-order valence-electron chi connectivity index (χ0n) is 16.1. The Labute approximate surface area is 174 Å². The van der Waals surface area contributed by atoms with Crippen molar-refractivity contribution in [2.75, 3.05) is 10.1 Å². The van der Waals surface area contributed by atoms with Gasteiger partial charge in [-0.15, -0.1) is 0 Å². The van der Waals surface area contributed by atoms with Crippen LogP contribution in [0, 0.1) is 10.1 Å². The Hall–Kier alpha value is -3.72. The van der Waals surface area contributed by atoms with Crippen molar-refractivity contribution in [3.63, 3.8) is 0 Å². The number of nitrogens with zero attached hydrogens (tertiary/aromatic N) is 2. The number of nitrogens with one attached hydrogen (secondary N) is 2. The van der Waals surface area contributed by atoms with Gasteiger partial charge in [0.05, 0.1) is 16.0 Å². The number of aryl methyl sites for hydroxylation is 1. The van der Waals surface area contributed by atoms with Crippen LogP contribution in [0.4, 0.5) is 17.1 Å². The zero-order valence-corrected chi connectivity index (χ0v) is 17.0. The molecule has 154 valence electrons. The van der Waals surface area contributed by atoms with Gasteiger partial charge in [0.15, 0.2) is 0 Å². The van der Waals surface area contributed by atoms with Crippen LogP contribution in [0.3, 0.4) is 0 Å². The lowest BCUT2D eigenvalue weighted by molar-refractivity contribution is -0.384. The Morgan fingerprint density at radius 1 is 1.03 bits per heavy atom. The molecule has 0 aromatic heterocycles. The molecule has 0 aliphatic heterocycles. The van der Waals surface area contributed by atoms with Gasteiger partial charge in [0.2, 0.25) is 0 Å². The molecule has 0 aliphatic rings. The number of hydrogen-bond acceptors (Lipinski definition) is 6. The van der Waals surface area contributed by atoms with Crippen molar-refractivity contribution >= 4 is 33.3 Å². The van der Waals surface area contributed by atoms with Gasteiger partial charge in [0.25, 0.3) is 15.7 Å². The van der Waals surface area contributed by atoms with Crippen LogP contribution in [0.2, 0.25) is 0 Å². The van der Waals surface area contributed by atoms with Gasteiger partial charge in [-0.1, -0.05) is 49.4 Å². The van der Waals surface area contributed by atoms with Crippen LogP contribution in [-0.2, 0) is 16.4 Å². The molecule has 0 fully saturated rings. The summed E-state index contributed by atoms with van der Waals surface area (Å²) in [5, 5.41) is 15.5. The summed E-state index contributed by atoms with van der Waals surface area (Å²) in [6, 6.07) is 19.6. The lowest BCUT2D eigenvalue weighted by Crippen LogP contribution is -2.13. The van der Waals surface area contributed by atoms with Gasteiger partial charge >= 0.3 is 0 Å². The molecule has 0 saturated heterocycles. The van der Waals surface area contributed by atoms with Crippen LogP contribution < -0.4 is 10.1 Å². The minimum atomic E-state index is -3.98. The highest BCUT2D eigenvalue weighted by atomic mass is 32.2. The maximum Gasteiger partial charge on any atom is 0.295 e. The number of para-hydroxylation sites is 1. The second-order valence-corrected chi connectivity index (χ2v) is 8.06. The number of hydrogen-bond donors (Lipinski definition) is 2. The number of rotatable bonds is 8. The fraction of sp³-hybridized carbons (Fsp3) is 0.0952. The molecule has 0 radical (unpaired) electrons. The molecule has 0 heterocycles. The first-order valence-corrected chi connectivity index (χ1v) is 10.6. The molecule has 0 spiro atoms.